The van der Waals surface area contributed by atoms with Gasteiger partial charge in [0.25, 0.3) is 0 Å². The molecule has 0 unspecified atom stereocenters. The summed E-state index contributed by atoms with van der Waals surface area (Å²) in [5.41, 5.74) is 12.1. The van der Waals surface area contributed by atoms with Gasteiger partial charge < -0.3 is 14.7 Å². The van der Waals surface area contributed by atoms with E-state index in [-0.39, 0.29) is 0 Å². The number of para-hydroxylation sites is 5. The molecule has 0 radical (unpaired) electrons. The number of anilines is 9. The van der Waals surface area contributed by atoms with Crippen LogP contribution in [0.4, 0.5) is 51.2 Å². The van der Waals surface area contributed by atoms with Crippen LogP contribution in [0.1, 0.15) is 0 Å². The van der Waals surface area contributed by atoms with Crippen molar-refractivity contribution in [3.05, 3.63) is 237 Å². The van der Waals surface area contributed by atoms with Crippen molar-refractivity contribution in [3.8, 4) is 11.1 Å². The SMILES string of the molecule is c1ccc(N(c2ccccc2)c2cc(-c3ccc(N(c4ccccc4)c4ccc5c(c4)sc4ccccc45)cc3)cc(N(c3ccccc3)c3ccccc3)c2)cc1. The molecule has 0 bridgehead atoms. The minimum atomic E-state index is 1.06. The van der Waals surface area contributed by atoms with E-state index in [0.29, 0.717) is 0 Å². The molecule has 10 aromatic rings. The summed E-state index contributed by atoms with van der Waals surface area (Å²) < 4.78 is 2.59. The van der Waals surface area contributed by atoms with Crippen molar-refractivity contribution in [1.82, 2.24) is 0 Å². The topological polar surface area (TPSA) is 9.72 Å². The smallest absolute Gasteiger partial charge is 0.0488 e. The molecular formula is C54H39N3S. The van der Waals surface area contributed by atoms with Crippen molar-refractivity contribution in [2.24, 2.45) is 0 Å². The number of fused-ring (bicyclic) bond motifs is 3. The van der Waals surface area contributed by atoms with E-state index in [1.54, 1.807) is 0 Å². The van der Waals surface area contributed by atoms with Crippen LogP contribution in [-0.4, -0.2) is 0 Å². The van der Waals surface area contributed by atoms with Crippen molar-refractivity contribution in [2.75, 3.05) is 14.7 Å². The van der Waals surface area contributed by atoms with Crippen molar-refractivity contribution in [2.45, 2.75) is 0 Å². The number of nitrogens with zero attached hydrogens (tertiary/aromatic N) is 3. The largest absolute Gasteiger partial charge is 0.310 e. The van der Waals surface area contributed by atoms with E-state index in [4.69, 9.17) is 0 Å². The van der Waals surface area contributed by atoms with Crippen LogP contribution in [0, 0.1) is 0 Å². The van der Waals surface area contributed by atoms with Gasteiger partial charge in [0.15, 0.2) is 0 Å². The van der Waals surface area contributed by atoms with E-state index < -0.39 is 0 Å². The van der Waals surface area contributed by atoms with E-state index in [2.05, 4.69) is 251 Å². The molecular weight excluding hydrogens is 723 g/mol. The van der Waals surface area contributed by atoms with Crippen LogP contribution in [0.2, 0.25) is 0 Å². The van der Waals surface area contributed by atoms with Gasteiger partial charge in [0.05, 0.1) is 0 Å². The molecule has 0 saturated heterocycles. The lowest BCUT2D eigenvalue weighted by molar-refractivity contribution is 1.25. The van der Waals surface area contributed by atoms with E-state index >= 15 is 0 Å². The van der Waals surface area contributed by atoms with E-state index in [1.807, 2.05) is 11.3 Å². The summed E-state index contributed by atoms with van der Waals surface area (Å²) >= 11 is 1.85. The predicted octanol–water partition coefficient (Wildman–Crippen LogP) is 16.1. The predicted molar refractivity (Wildman–Crippen MR) is 249 cm³/mol. The molecule has 3 nitrogen and oxygen atoms in total. The second-order valence-corrected chi connectivity index (χ2v) is 15.3. The minimum Gasteiger partial charge on any atom is -0.310 e. The van der Waals surface area contributed by atoms with Gasteiger partial charge in [-0.1, -0.05) is 127 Å². The summed E-state index contributed by atoms with van der Waals surface area (Å²) in [6.45, 7) is 0. The van der Waals surface area contributed by atoms with Crippen LogP contribution in [0.15, 0.2) is 237 Å². The number of hydrogen-bond acceptors (Lipinski definition) is 4. The van der Waals surface area contributed by atoms with Crippen LogP contribution in [-0.2, 0) is 0 Å². The third-order valence-electron chi connectivity index (χ3n) is 10.6. The van der Waals surface area contributed by atoms with Gasteiger partial charge in [-0.3, -0.25) is 0 Å². The quantitative estimate of drug-likeness (QED) is 0.137. The molecule has 10 rings (SSSR count). The molecule has 0 aliphatic rings. The normalized spacial score (nSPS) is 11.1. The standard InChI is InChI=1S/C54H39N3S/c1-6-18-42(19-7-1)55(48-34-35-52-51-28-16-17-29-53(51)58-54(52)39-48)47-32-30-40(31-33-47)41-36-49(56(43-20-8-2-9-21-43)44-22-10-3-11-23-44)38-50(37-41)57(45-24-12-4-13-25-45)46-26-14-5-15-27-46/h1-39H. The number of rotatable bonds is 10. The van der Waals surface area contributed by atoms with Crippen molar-refractivity contribution >= 4 is 82.7 Å². The molecule has 276 valence electrons. The Morgan fingerprint density at radius 3 is 1.05 bits per heavy atom. The highest BCUT2D eigenvalue weighted by molar-refractivity contribution is 7.25. The van der Waals surface area contributed by atoms with Crippen LogP contribution >= 0.6 is 11.3 Å². The average Bonchev–Trinajstić information content (AvgIpc) is 3.67. The molecule has 4 heteroatoms. The molecule has 9 aromatic carbocycles. The Morgan fingerprint density at radius 1 is 0.224 bits per heavy atom. The summed E-state index contributed by atoms with van der Waals surface area (Å²) in [5.74, 6) is 0. The van der Waals surface area contributed by atoms with Crippen LogP contribution in [0.5, 0.6) is 0 Å². The molecule has 0 N–H and O–H groups in total. The Hall–Kier alpha value is -7.40. The molecule has 0 spiro atoms. The van der Waals surface area contributed by atoms with Crippen LogP contribution in [0.3, 0.4) is 0 Å². The first-order valence-corrected chi connectivity index (χ1v) is 20.4. The third kappa shape index (κ3) is 6.87. The maximum atomic E-state index is 2.36. The fourth-order valence-electron chi connectivity index (χ4n) is 7.90. The number of hydrogen-bond donors (Lipinski definition) is 0. The Labute approximate surface area is 343 Å². The van der Waals surface area contributed by atoms with Gasteiger partial charge in [-0.2, -0.15) is 0 Å². The molecule has 0 saturated carbocycles. The maximum absolute atomic E-state index is 2.36. The number of benzene rings is 9. The summed E-state index contributed by atoms with van der Waals surface area (Å²) in [6, 6.07) is 84.7. The maximum Gasteiger partial charge on any atom is 0.0488 e. The number of thiophene rings is 1. The Balaban J connectivity index is 1.13. The van der Waals surface area contributed by atoms with E-state index in [0.717, 1.165) is 62.3 Å². The molecule has 1 aromatic heterocycles. The highest BCUT2D eigenvalue weighted by Gasteiger charge is 2.20. The van der Waals surface area contributed by atoms with Crippen molar-refractivity contribution in [1.29, 1.82) is 0 Å². The lowest BCUT2D eigenvalue weighted by Gasteiger charge is -2.30. The second kappa shape index (κ2) is 15.6. The zero-order valence-corrected chi connectivity index (χ0v) is 32.6. The van der Waals surface area contributed by atoms with Gasteiger partial charge >= 0.3 is 0 Å². The third-order valence-corrected chi connectivity index (χ3v) is 11.7. The first kappa shape index (κ1) is 35.0. The zero-order chi connectivity index (χ0) is 38.7. The van der Waals surface area contributed by atoms with Crippen LogP contribution < -0.4 is 14.7 Å². The highest BCUT2D eigenvalue weighted by atomic mass is 32.1. The molecule has 58 heavy (non-hydrogen) atoms. The second-order valence-electron chi connectivity index (χ2n) is 14.2. The first-order chi connectivity index (χ1) is 28.8. The van der Waals surface area contributed by atoms with Gasteiger partial charge in [0.2, 0.25) is 0 Å². The summed E-state index contributed by atoms with van der Waals surface area (Å²) in [6.07, 6.45) is 0. The molecule has 0 aliphatic heterocycles. The lowest BCUT2D eigenvalue weighted by atomic mass is 10.0. The molecule has 0 aliphatic carbocycles. The lowest BCUT2D eigenvalue weighted by Crippen LogP contribution is -2.13. The zero-order valence-electron chi connectivity index (χ0n) is 31.8. The van der Waals surface area contributed by atoms with Gasteiger partial charge in [-0.15, -0.1) is 11.3 Å². The van der Waals surface area contributed by atoms with Gasteiger partial charge in [0, 0.05) is 71.4 Å². The first-order valence-electron chi connectivity index (χ1n) is 19.6. The van der Waals surface area contributed by atoms with Crippen molar-refractivity contribution < 1.29 is 0 Å². The fraction of sp³-hybridized carbons (Fsp3) is 0. The summed E-state index contributed by atoms with van der Waals surface area (Å²) in [4.78, 5) is 7.04. The summed E-state index contributed by atoms with van der Waals surface area (Å²) in [5, 5.41) is 2.60. The Kier molecular flexibility index (Phi) is 9.44. The highest BCUT2D eigenvalue weighted by Crippen LogP contribution is 2.45. The van der Waals surface area contributed by atoms with Gasteiger partial charge in [-0.25, -0.2) is 0 Å². The van der Waals surface area contributed by atoms with Gasteiger partial charge in [0.1, 0.15) is 0 Å². The molecule has 0 atom stereocenters. The average molecular weight is 762 g/mol. The Morgan fingerprint density at radius 2 is 0.586 bits per heavy atom. The van der Waals surface area contributed by atoms with Crippen LogP contribution in [0.25, 0.3) is 31.3 Å². The Bertz CT molecular complexity index is 2750. The molecule has 0 amide bonds. The summed E-state index contributed by atoms with van der Waals surface area (Å²) in [7, 11) is 0. The van der Waals surface area contributed by atoms with Gasteiger partial charge in [-0.05, 0) is 120 Å². The van der Waals surface area contributed by atoms with E-state index in [9.17, 15) is 0 Å². The van der Waals surface area contributed by atoms with E-state index in [1.165, 1.54) is 20.2 Å². The molecule has 0 fully saturated rings. The minimum absolute atomic E-state index is 1.06. The fourth-order valence-corrected chi connectivity index (χ4v) is 9.04. The monoisotopic (exact) mass is 761 g/mol. The van der Waals surface area contributed by atoms with Crippen molar-refractivity contribution in [3.63, 3.8) is 0 Å². The molecule has 1 heterocycles.